The molecule has 0 bridgehead atoms. The third-order valence-electron chi connectivity index (χ3n) is 2.67. The van der Waals surface area contributed by atoms with Gasteiger partial charge in [0, 0.05) is 22.4 Å². The van der Waals surface area contributed by atoms with Gasteiger partial charge in [0.1, 0.15) is 6.33 Å². The first-order chi connectivity index (χ1) is 8.22. The monoisotopic (exact) mass is 291 g/mol. The first-order valence-corrected chi connectivity index (χ1v) is 6.20. The number of hydrogen-bond donors (Lipinski definition) is 1. The van der Waals surface area contributed by atoms with E-state index in [0.717, 1.165) is 10.0 Å². The van der Waals surface area contributed by atoms with Gasteiger partial charge in [-0.05, 0) is 31.2 Å². The van der Waals surface area contributed by atoms with Crippen molar-refractivity contribution in [1.29, 1.82) is 0 Å². The van der Waals surface area contributed by atoms with Crippen molar-refractivity contribution in [1.82, 2.24) is 15.3 Å². The smallest absolute Gasteiger partial charge is 0.115 e. The van der Waals surface area contributed by atoms with E-state index in [9.17, 15) is 0 Å². The fraction of sp³-hybridized carbons (Fsp3) is 0.231. The SMILES string of the molecule is CNC(c1cncnc1)c1ccc(C)cc1Br. The van der Waals surface area contributed by atoms with E-state index < -0.39 is 0 Å². The standard InChI is InChI=1S/C13H14BrN3/c1-9-3-4-11(12(14)5-9)13(15-2)10-6-16-8-17-7-10/h3-8,13,15H,1-2H3. The second-order valence-electron chi connectivity index (χ2n) is 3.92. The van der Waals surface area contributed by atoms with Crippen molar-refractivity contribution < 1.29 is 0 Å². The van der Waals surface area contributed by atoms with Crippen LogP contribution in [0.5, 0.6) is 0 Å². The van der Waals surface area contributed by atoms with Crippen molar-refractivity contribution >= 4 is 15.9 Å². The van der Waals surface area contributed by atoms with Crippen molar-refractivity contribution in [2.24, 2.45) is 0 Å². The lowest BCUT2D eigenvalue weighted by atomic mass is 10.0. The lowest BCUT2D eigenvalue weighted by molar-refractivity contribution is 0.681. The molecule has 2 aromatic rings. The number of benzene rings is 1. The molecule has 0 aliphatic carbocycles. The second-order valence-corrected chi connectivity index (χ2v) is 4.77. The van der Waals surface area contributed by atoms with Crippen LogP contribution in [0.2, 0.25) is 0 Å². The van der Waals surface area contributed by atoms with Crippen LogP contribution in [0.15, 0.2) is 41.4 Å². The molecule has 88 valence electrons. The molecule has 0 aliphatic heterocycles. The van der Waals surface area contributed by atoms with Gasteiger partial charge in [0.2, 0.25) is 0 Å². The van der Waals surface area contributed by atoms with E-state index in [-0.39, 0.29) is 6.04 Å². The third-order valence-corrected chi connectivity index (χ3v) is 3.36. The van der Waals surface area contributed by atoms with Gasteiger partial charge in [-0.25, -0.2) is 9.97 Å². The molecule has 0 radical (unpaired) electrons. The van der Waals surface area contributed by atoms with Gasteiger partial charge in [0.25, 0.3) is 0 Å². The predicted molar refractivity (Wildman–Crippen MR) is 71.8 cm³/mol. The van der Waals surface area contributed by atoms with Gasteiger partial charge in [0.15, 0.2) is 0 Å². The van der Waals surface area contributed by atoms with Gasteiger partial charge in [0.05, 0.1) is 6.04 Å². The van der Waals surface area contributed by atoms with Crippen LogP contribution in [0.4, 0.5) is 0 Å². The van der Waals surface area contributed by atoms with Gasteiger partial charge in [-0.15, -0.1) is 0 Å². The van der Waals surface area contributed by atoms with Crippen LogP contribution in [0.3, 0.4) is 0 Å². The lowest BCUT2D eigenvalue weighted by Crippen LogP contribution is -2.18. The summed E-state index contributed by atoms with van der Waals surface area (Å²) in [4.78, 5) is 8.12. The highest BCUT2D eigenvalue weighted by Gasteiger charge is 2.15. The topological polar surface area (TPSA) is 37.8 Å². The summed E-state index contributed by atoms with van der Waals surface area (Å²) in [5.74, 6) is 0. The van der Waals surface area contributed by atoms with E-state index in [2.05, 4.69) is 56.3 Å². The summed E-state index contributed by atoms with van der Waals surface area (Å²) < 4.78 is 1.10. The predicted octanol–water partition coefficient (Wildman–Crippen LogP) is 2.86. The normalized spacial score (nSPS) is 12.4. The number of nitrogens with zero attached hydrogens (tertiary/aromatic N) is 2. The van der Waals surface area contributed by atoms with E-state index >= 15 is 0 Å². The number of halogens is 1. The fourth-order valence-electron chi connectivity index (χ4n) is 1.83. The zero-order valence-corrected chi connectivity index (χ0v) is 11.4. The molecule has 17 heavy (non-hydrogen) atoms. The first-order valence-electron chi connectivity index (χ1n) is 5.40. The van der Waals surface area contributed by atoms with Crippen LogP contribution in [0, 0.1) is 6.92 Å². The molecular formula is C13H14BrN3. The zero-order valence-electron chi connectivity index (χ0n) is 9.81. The van der Waals surface area contributed by atoms with Crippen molar-refractivity contribution in [3.63, 3.8) is 0 Å². The van der Waals surface area contributed by atoms with Crippen molar-refractivity contribution in [2.45, 2.75) is 13.0 Å². The summed E-state index contributed by atoms with van der Waals surface area (Å²) in [6.45, 7) is 2.08. The molecule has 0 spiro atoms. The molecule has 1 heterocycles. The van der Waals surface area contributed by atoms with Gasteiger partial charge in [-0.1, -0.05) is 28.1 Å². The van der Waals surface area contributed by atoms with Crippen LogP contribution in [0.25, 0.3) is 0 Å². The summed E-state index contributed by atoms with van der Waals surface area (Å²) in [5, 5.41) is 3.28. The Morgan fingerprint density at radius 3 is 2.53 bits per heavy atom. The Hall–Kier alpha value is -1.26. The van der Waals surface area contributed by atoms with E-state index in [1.165, 1.54) is 11.1 Å². The van der Waals surface area contributed by atoms with Gasteiger partial charge in [-0.3, -0.25) is 0 Å². The van der Waals surface area contributed by atoms with Crippen LogP contribution in [-0.4, -0.2) is 17.0 Å². The van der Waals surface area contributed by atoms with Crippen LogP contribution in [0.1, 0.15) is 22.7 Å². The Labute approximate surface area is 109 Å². The molecule has 1 unspecified atom stereocenters. The van der Waals surface area contributed by atoms with Gasteiger partial charge < -0.3 is 5.32 Å². The second kappa shape index (κ2) is 5.38. The molecule has 0 amide bonds. The molecular weight excluding hydrogens is 278 g/mol. The zero-order chi connectivity index (χ0) is 12.3. The maximum atomic E-state index is 4.06. The van der Waals surface area contributed by atoms with E-state index in [4.69, 9.17) is 0 Å². The molecule has 1 aromatic carbocycles. The number of hydrogen-bond acceptors (Lipinski definition) is 3. The molecule has 0 saturated heterocycles. The Balaban J connectivity index is 2.42. The van der Waals surface area contributed by atoms with Crippen LogP contribution in [-0.2, 0) is 0 Å². The van der Waals surface area contributed by atoms with Crippen LogP contribution < -0.4 is 5.32 Å². The Morgan fingerprint density at radius 2 is 1.94 bits per heavy atom. The summed E-state index contributed by atoms with van der Waals surface area (Å²) in [7, 11) is 1.93. The molecule has 3 nitrogen and oxygen atoms in total. The summed E-state index contributed by atoms with van der Waals surface area (Å²) in [6, 6.07) is 6.44. The largest absolute Gasteiger partial charge is 0.309 e. The number of nitrogens with one attached hydrogen (secondary N) is 1. The first kappa shape index (κ1) is 12.2. The molecule has 1 atom stereocenters. The minimum atomic E-state index is 0.103. The number of rotatable bonds is 3. The highest BCUT2D eigenvalue weighted by atomic mass is 79.9. The average Bonchev–Trinajstić information content (AvgIpc) is 2.34. The maximum absolute atomic E-state index is 4.06. The number of aromatic nitrogens is 2. The van der Waals surface area contributed by atoms with Crippen molar-refractivity contribution in [3.05, 3.63) is 58.1 Å². The maximum Gasteiger partial charge on any atom is 0.115 e. The molecule has 0 fully saturated rings. The summed E-state index contributed by atoms with van der Waals surface area (Å²) in [6.07, 6.45) is 5.21. The van der Waals surface area contributed by atoms with E-state index in [1.807, 2.05) is 19.4 Å². The van der Waals surface area contributed by atoms with Crippen molar-refractivity contribution in [3.8, 4) is 0 Å². The summed E-state index contributed by atoms with van der Waals surface area (Å²) >= 11 is 3.61. The molecule has 0 saturated carbocycles. The molecule has 2 rings (SSSR count). The summed E-state index contributed by atoms with van der Waals surface area (Å²) in [5.41, 5.74) is 3.48. The fourth-order valence-corrected chi connectivity index (χ4v) is 2.55. The highest BCUT2D eigenvalue weighted by Crippen LogP contribution is 2.28. The van der Waals surface area contributed by atoms with Gasteiger partial charge in [-0.2, -0.15) is 0 Å². The van der Waals surface area contributed by atoms with Crippen LogP contribution >= 0.6 is 15.9 Å². The Kier molecular flexibility index (Phi) is 3.86. The average molecular weight is 292 g/mol. The molecule has 4 heteroatoms. The van der Waals surface area contributed by atoms with Crippen molar-refractivity contribution in [2.75, 3.05) is 7.05 Å². The quantitative estimate of drug-likeness (QED) is 0.945. The minimum Gasteiger partial charge on any atom is -0.309 e. The Bertz CT molecular complexity index is 499. The van der Waals surface area contributed by atoms with Gasteiger partial charge >= 0.3 is 0 Å². The molecule has 0 aliphatic rings. The molecule has 1 N–H and O–H groups in total. The lowest BCUT2D eigenvalue weighted by Gasteiger charge is -2.18. The third kappa shape index (κ3) is 2.70. The highest BCUT2D eigenvalue weighted by molar-refractivity contribution is 9.10. The molecule has 1 aromatic heterocycles. The Morgan fingerprint density at radius 1 is 1.24 bits per heavy atom. The van der Waals surface area contributed by atoms with E-state index in [0.29, 0.717) is 0 Å². The minimum absolute atomic E-state index is 0.103. The number of aryl methyl sites for hydroxylation is 1. The van der Waals surface area contributed by atoms with E-state index in [1.54, 1.807) is 6.33 Å².